The lowest BCUT2D eigenvalue weighted by Crippen LogP contribution is -2.19. The molecule has 0 aliphatic carbocycles. The molecule has 3 aromatic carbocycles. The molecule has 0 saturated carbocycles. The highest BCUT2D eigenvalue weighted by Gasteiger charge is 2.08. The summed E-state index contributed by atoms with van der Waals surface area (Å²) in [6, 6.07) is 23.6. The average Bonchev–Trinajstić information content (AvgIpc) is 3.09. The zero-order valence-corrected chi connectivity index (χ0v) is 11.7. The molecule has 4 rings (SSSR count). The van der Waals surface area contributed by atoms with Crippen molar-refractivity contribution in [3.8, 4) is 11.1 Å². The molecule has 102 valence electrons. The third-order valence-corrected chi connectivity index (χ3v) is 3.93. The Bertz CT molecular complexity index is 811. The Kier molecular flexibility index (Phi) is 2.93. The summed E-state index contributed by atoms with van der Waals surface area (Å²) in [4.78, 5) is 4.46. The van der Waals surface area contributed by atoms with Gasteiger partial charge >= 0.3 is 0 Å². The molecule has 0 aromatic heterocycles. The molecule has 0 amide bonds. The van der Waals surface area contributed by atoms with Gasteiger partial charge in [-0.05, 0) is 21.9 Å². The molecule has 21 heavy (non-hydrogen) atoms. The Labute approximate surface area is 124 Å². The van der Waals surface area contributed by atoms with Crippen LogP contribution in [-0.4, -0.2) is 18.9 Å². The van der Waals surface area contributed by atoms with Crippen LogP contribution in [0.2, 0.25) is 0 Å². The van der Waals surface area contributed by atoms with Gasteiger partial charge in [-0.2, -0.15) is 0 Å². The third kappa shape index (κ3) is 2.19. The number of hydrogen-bond donors (Lipinski definition) is 1. The predicted octanol–water partition coefficient (Wildman–Crippen LogP) is 3.86. The molecule has 0 atom stereocenters. The summed E-state index contributed by atoms with van der Waals surface area (Å²) in [6.07, 6.45) is 0. The van der Waals surface area contributed by atoms with Crippen molar-refractivity contribution in [3.05, 3.63) is 72.3 Å². The van der Waals surface area contributed by atoms with Gasteiger partial charge in [0.25, 0.3) is 0 Å². The van der Waals surface area contributed by atoms with Gasteiger partial charge in [-0.1, -0.05) is 66.7 Å². The van der Waals surface area contributed by atoms with Crippen molar-refractivity contribution in [2.24, 2.45) is 4.99 Å². The van der Waals surface area contributed by atoms with Crippen LogP contribution < -0.4 is 5.32 Å². The van der Waals surface area contributed by atoms with E-state index >= 15 is 0 Å². The van der Waals surface area contributed by atoms with Crippen molar-refractivity contribution in [3.63, 3.8) is 0 Å². The van der Waals surface area contributed by atoms with Crippen LogP contribution in [-0.2, 0) is 0 Å². The summed E-state index contributed by atoms with van der Waals surface area (Å²) < 4.78 is 0. The molecule has 0 bridgehead atoms. The number of benzene rings is 3. The number of nitrogens with zero attached hydrogens (tertiary/aromatic N) is 1. The summed E-state index contributed by atoms with van der Waals surface area (Å²) in [5.41, 5.74) is 3.69. The Morgan fingerprint density at radius 3 is 2.33 bits per heavy atom. The Morgan fingerprint density at radius 2 is 1.52 bits per heavy atom. The van der Waals surface area contributed by atoms with Crippen LogP contribution in [0.25, 0.3) is 21.9 Å². The molecule has 1 aliphatic rings. The number of nitrogens with one attached hydrogen (secondary N) is 1. The Balaban J connectivity index is 1.78. The average molecular weight is 272 g/mol. The summed E-state index contributed by atoms with van der Waals surface area (Å²) in [5, 5.41) is 5.89. The van der Waals surface area contributed by atoms with Crippen LogP contribution in [0.3, 0.4) is 0 Å². The maximum absolute atomic E-state index is 4.46. The van der Waals surface area contributed by atoms with E-state index in [1.807, 2.05) is 0 Å². The van der Waals surface area contributed by atoms with Gasteiger partial charge in [0.15, 0.2) is 0 Å². The van der Waals surface area contributed by atoms with Gasteiger partial charge in [0.05, 0.1) is 6.54 Å². The van der Waals surface area contributed by atoms with Gasteiger partial charge in [-0.25, -0.2) is 0 Å². The summed E-state index contributed by atoms with van der Waals surface area (Å²) in [7, 11) is 0. The highest BCUT2D eigenvalue weighted by molar-refractivity contribution is 6.01. The van der Waals surface area contributed by atoms with Crippen molar-refractivity contribution in [1.29, 1.82) is 0 Å². The first-order valence-corrected chi connectivity index (χ1v) is 7.29. The van der Waals surface area contributed by atoms with Gasteiger partial charge < -0.3 is 5.32 Å². The molecule has 0 spiro atoms. The number of aliphatic imine (C=N–C) groups is 1. The molecule has 1 N–H and O–H groups in total. The zero-order chi connectivity index (χ0) is 14.1. The minimum atomic E-state index is 0.875. The minimum Gasteiger partial charge on any atom is -0.368 e. The van der Waals surface area contributed by atoms with E-state index in [1.165, 1.54) is 21.9 Å². The standard InChI is InChI=1S/C19H16N2/c1-2-6-17-14(4-1)5-3-7-18(17)15-8-10-16(11-9-15)19-20-12-13-21-19/h1-11H,12-13H2,(H,20,21). The Morgan fingerprint density at radius 1 is 0.762 bits per heavy atom. The molecule has 0 saturated heterocycles. The SMILES string of the molecule is c1ccc2c(-c3ccc(C4=NCCN4)cc3)cccc2c1. The van der Waals surface area contributed by atoms with Gasteiger partial charge in [-0.3, -0.25) is 4.99 Å². The van der Waals surface area contributed by atoms with E-state index < -0.39 is 0 Å². The lowest BCUT2D eigenvalue weighted by Gasteiger charge is -2.08. The van der Waals surface area contributed by atoms with Crippen LogP contribution in [0.4, 0.5) is 0 Å². The highest BCUT2D eigenvalue weighted by Crippen LogP contribution is 2.28. The van der Waals surface area contributed by atoms with Crippen LogP contribution in [0, 0.1) is 0 Å². The lowest BCUT2D eigenvalue weighted by molar-refractivity contribution is 0.960. The van der Waals surface area contributed by atoms with Crippen molar-refractivity contribution < 1.29 is 0 Å². The van der Waals surface area contributed by atoms with Crippen molar-refractivity contribution in [2.45, 2.75) is 0 Å². The molecule has 2 nitrogen and oxygen atoms in total. The fraction of sp³-hybridized carbons (Fsp3) is 0.105. The molecule has 2 heteroatoms. The van der Waals surface area contributed by atoms with Gasteiger partial charge in [0, 0.05) is 12.1 Å². The molecule has 3 aromatic rings. The number of hydrogen-bond acceptors (Lipinski definition) is 2. The molecule has 1 heterocycles. The van der Waals surface area contributed by atoms with Crippen LogP contribution in [0.15, 0.2) is 71.7 Å². The molecule has 0 unspecified atom stereocenters. The maximum atomic E-state index is 4.46. The maximum Gasteiger partial charge on any atom is 0.128 e. The lowest BCUT2D eigenvalue weighted by atomic mass is 9.97. The smallest absolute Gasteiger partial charge is 0.128 e. The monoisotopic (exact) mass is 272 g/mol. The minimum absolute atomic E-state index is 0.875. The fourth-order valence-electron chi connectivity index (χ4n) is 2.88. The Hall–Kier alpha value is -2.61. The number of rotatable bonds is 2. The van der Waals surface area contributed by atoms with E-state index in [9.17, 15) is 0 Å². The first-order valence-electron chi connectivity index (χ1n) is 7.29. The van der Waals surface area contributed by atoms with E-state index in [0.29, 0.717) is 0 Å². The van der Waals surface area contributed by atoms with E-state index in [-0.39, 0.29) is 0 Å². The normalized spacial score (nSPS) is 14.0. The second kappa shape index (κ2) is 5.06. The summed E-state index contributed by atoms with van der Waals surface area (Å²) in [6.45, 7) is 1.82. The van der Waals surface area contributed by atoms with Crippen molar-refractivity contribution in [1.82, 2.24) is 5.32 Å². The largest absolute Gasteiger partial charge is 0.368 e. The van der Waals surface area contributed by atoms with Gasteiger partial charge in [0.2, 0.25) is 0 Å². The van der Waals surface area contributed by atoms with Gasteiger partial charge in [0.1, 0.15) is 5.84 Å². The van der Waals surface area contributed by atoms with E-state index in [4.69, 9.17) is 0 Å². The summed E-state index contributed by atoms with van der Waals surface area (Å²) in [5.74, 6) is 1.01. The number of fused-ring (bicyclic) bond motifs is 1. The van der Waals surface area contributed by atoms with Crippen molar-refractivity contribution >= 4 is 16.6 Å². The predicted molar refractivity (Wildman–Crippen MR) is 88.8 cm³/mol. The summed E-state index contributed by atoms with van der Waals surface area (Å²) >= 11 is 0. The van der Waals surface area contributed by atoms with E-state index in [2.05, 4.69) is 77.0 Å². The van der Waals surface area contributed by atoms with E-state index in [1.54, 1.807) is 0 Å². The molecule has 0 radical (unpaired) electrons. The number of amidine groups is 1. The van der Waals surface area contributed by atoms with Crippen LogP contribution >= 0.6 is 0 Å². The van der Waals surface area contributed by atoms with Gasteiger partial charge in [-0.15, -0.1) is 0 Å². The zero-order valence-electron chi connectivity index (χ0n) is 11.7. The molecular formula is C19H16N2. The van der Waals surface area contributed by atoms with Crippen molar-refractivity contribution in [2.75, 3.05) is 13.1 Å². The first-order chi connectivity index (χ1) is 10.4. The fourth-order valence-corrected chi connectivity index (χ4v) is 2.88. The highest BCUT2D eigenvalue weighted by atomic mass is 15.1. The van der Waals surface area contributed by atoms with E-state index in [0.717, 1.165) is 24.5 Å². The van der Waals surface area contributed by atoms with Crippen LogP contribution in [0.5, 0.6) is 0 Å². The van der Waals surface area contributed by atoms with Crippen LogP contribution in [0.1, 0.15) is 5.56 Å². The second-order valence-electron chi connectivity index (χ2n) is 5.26. The third-order valence-electron chi connectivity index (χ3n) is 3.93. The molecular weight excluding hydrogens is 256 g/mol. The quantitative estimate of drug-likeness (QED) is 0.752. The molecule has 0 fully saturated rings. The first kappa shape index (κ1) is 12.2. The molecule has 1 aliphatic heterocycles. The second-order valence-corrected chi connectivity index (χ2v) is 5.26. The topological polar surface area (TPSA) is 24.4 Å².